The van der Waals surface area contributed by atoms with Gasteiger partial charge in [0.15, 0.2) is 11.6 Å². The smallest absolute Gasteiger partial charge is 0.328 e. The van der Waals surface area contributed by atoms with E-state index in [4.69, 9.17) is 0 Å². The molecule has 130 valence electrons. The molecular formula is C14H11F5N2O2S. The summed E-state index contributed by atoms with van der Waals surface area (Å²) >= 11 is 3.06. The third kappa shape index (κ3) is 1.66. The van der Waals surface area contributed by atoms with Gasteiger partial charge in [-0.15, -0.1) is 12.6 Å². The number of hydrogen-bond acceptors (Lipinski definition) is 4. The molecule has 3 aliphatic rings. The van der Waals surface area contributed by atoms with Crippen LogP contribution in [0.4, 0.5) is 22.0 Å². The van der Waals surface area contributed by atoms with Gasteiger partial charge in [0.25, 0.3) is 5.00 Å². The van der Waals surface area contributed by atoms with E-state index in [0.29, 0.717) is 0 Å². The van der Waals surface area contributed by atoms with Crippen molar-refractivity contribution in [3.63, 3.8) is 0 Å². The number of hydrogen-bond donors (Lipinski definition) is 4. The van der Waals surface area contributed by atoms with E-state index in [0.717, 1.165) is 18.4 Å². The molecule has 0 aromatic carbocycles. The molecular weight excluding hydrogens is 355 g/mol. The molecule has 4 atom stereocenters. The number of halogens is 5. The van der Waals surface area contributed by atoms with Crippen LogP contribution in [0.5, 0.6) is 0 Å². The first kappa shape index (κ1) is 16.9. The lowest BCUT2D eigenvalue weighted by atomic mass is 9.61. The van der Waals surface area contributed by atoms with Crippen molar-refractivity contribution in [3.8, 4) is 0 Å². The van der Waals surface area contributed by atoms with Gasteiger partial charge in [0, 0.05) is 11.8 Å². The van der Waals surface area contributed by atoms with E-state index in [-0.39, 0.29) is 23.4 Å². The summed E-state index contributed by atoms with van der Waals surface area (Å²) < 4.78 is 72.0. The van der Waals surface area contributed by atoms with Gasteiger partial charge in [-0.1, -0.05) is 12.2 Å². The second-order valence-electron chi connectivity index (χ2n) is 5.60. The molecule has 0 bridgehead atoms. The topological polar surface area (TPSA) is 61.4 Å². The zero-order valence-corrected chi connectivity index (χ0v) is 12.6. The number of allylic oxidation sites excluding steroid dienone is 5. The number of aliphatic carboxylic acids is 1. The number of alkyl halides is 5. The Morgan fingerprint density at radius 1 is 1.25 bits per heavy atom. The number of carboxylic acid groups (broad SMARTS) is 1. The highest BCUT2D eigenvalue weighted by Crippen LogP contribution is 2.62. The maximum absolute atomic E-state index is 15.7. The van der Waals surface area contributed by atoms with Crippen LogP contribution in [-0.4, -0.2) is 33.8 Å². The van der Waals surface area contributed by atoms with Gasteiger partial charge in [-0.25, -0.2) is 13.2 Å². The van der Waals surface area contributed by atoms with Crippen molar-refractivity contribution in [2.24, 2.45) is 5.41 Å². The van der Waals surface area contributed by atoms with Gasteiger partial charge >= 0.3 is 11.9 Å². The lowest BCUT2D eigenvalue weighted by molar-refractivity contribution is -0.198. The number of hydrazine groups is 1. The van der Waals surface area contributed by atoms with Crippen LogP contribution in [-0.2, 0) is 4.79 Å². The third-order valence-electron chi connectivity index (χ3n) is 4.42. The highest BCUT2D eigenvalue weighted by Gasteiger charge is 2.79. The minimum absolute atomic E-state index is 0.0557. The van der Waals surface area contributed by atoms with E-state index in [1.54, 1.807) is 0 Å². The zero-order valence-electron chi connectivity index (χ0n) is 11.7. The molecule has 0 radical (unpaired) electrons. The molecule has 3 N–H and O–H groups in total. The summed E-state index contributed by atoms with van der Waals surface area (Å²) in [5.41, 5.74) is -2.14. The number of fused-ring (bicyclic) bond motifs is 1. The van der Waals surface area contributed by atoms with Gasteiger partial charge in [-0.2, -0.15) is 8.78 Å². The number of rotatable bonds is 2. The van der Waals surface area contributed by atoms with Crippen molar-refractivity contribution < 1.29 is 31.9 Å². The summed E-state index contributed by atoms with van der Waals surface area (Å²) in [5, 5.41) is 5.21. The lowest BCUT2D eigenvalue weighted by Crippen LogP contribution is -2.69. The van der Waals surface area contributed by atoms with Gasteiger partial charge in [0.1, 0.15) is 0 Å². The van der Waals surface area contributed by atoms with Crippen LogP contribution in [0.2, 0.25) is 0 Å². The quantitative estimate of drug-likeness (QED) is 0.344. The van der Waals surface area contributed by atoms with E-state index in [1.807, 2.05) is 0 Å². The van der Waals surface area contributed by atoms with Crippen LogP contribution in [0, 0.1) is 5.41 Å². The molecule has 4 nitrogen and oxygen atoms in total. The maximum Gasteiger partial charge on any atom is 0.328 e. The second-order valence-corrected chi connectivity index (χ2v) is 6.21. The van der Waals surface area contributed by atoms with E-state index < -0.39 is 34.1 Å². The maximum atomic E-state index is 15.7. The Kier molecular flexibility index (Phi) is 3.36. The largest absolute Gasteiger partial charge is 0.480 e. The highest BCUT2D eigenvalue weighted by atomic mass is 32.1. The summed E-state index contributed by atoms with van der Waals surface area (Å²) in [4.78, 5) is 11.9. The molecule has 24 heavy (non-hydrogen) atoms. The molecule has 0 amide bonds. The highest BCUT2D eigenvalue weighted by molar-refractivity contribution is 7.81. The van der Waals surface area contributed by atoms with Gasteiger partial charge in [0.2, 0.25) is 5.67 Å². The van der Waals surface area contributed by atoms with Gasteiger partial charge in [0.05, 0.1) is 5.70 Å². The molecule has 3 rings (SSSR count). The Labute approximate surface area is 138 Å². The zero-order chi connectivity index (χ0) is 18.0. The Hall–Kier alpha value is -1.97. The summed E-state index contributed by atoms with van der Waals surface area (Å²) in [6.07, 6.45) is 1.32. The average Bonchev–Trinajstić information content (AvgIpc) is 2.98. The molecule has 1 heterocycles. The Morgan fingerprint density at radius 2 is 1.92 bits per heavy atom. The number of thiol groups is 1. The Bertz CT molecular complexity index is 733. The predicted octanol–water partition coefficient (Wildman–Crippen LogP) is 2.35. The van der Waals surface area contributed by atoms with E-state index >= 15 is 4.39 Å². The van der Waals surface area contributed by atoms with Gasteiger partial charge in [-0.3, -0.25) is 4.79 Å². The summed E-state index contributed by atoms with van der Waals surface area (Å²) in [5.74, 6) is -6.82. The number of carboxylic acids is 1. The lowest BCUT2D eigenvalue weighted by Gasteiger charge is -2.50. The van der Waals surface area contributed by atoms with E-state index in [2.05, 4.69) is 23.5 Å². The minimum Gasteiger partial charge on any atom is -0.480 e. The van der Waals surface area contributed by atoms with Crippen molar-refractivity contribution in [3.05, 3.63) is 47.9 Å². The summed E-state index contributed by atoms with van der Waals surface area (Å²) in [6, 6.07) is 0. The SMILES string of the molecule is O=C(O)C1(C2(F)C=CC(F)C(F)(F)C2(F)S)C=CC=C2NNC=C21. The monoisotopic (exact) mass is 366 g/mol. The molecule has 0 saturated carbocycles. The molecule has 2 aliphatic carbocycles. The van der Waals surface area contributed by atoms with Crippen molar-refractivity contribution in [2.45, 2.75) is 22.8 Å². The molecule has 0 aromatic rings. The standard InChI is InChI=1S/C14H11F5N2O2S/c15-9-3-5-12(16,14(19,24)13(9,17)18)11(10(22)23)4-1-2-8-7(11)6-20-21-8/h1-6,9,20-21,24H,(H,22,23). The van der Waals surface area contributed by atoms with E-state index in [9.17, 15) is 27.5 Å². The Morgan fingerprint density at radius 3 is 2.54 bits per heavy atom. The predicted molar refractivity (Wildman–Crippen MR) is 77.3 cm³/mol. The van der Waals surface area contributed by atoms with Crippen LogP contribution >= 0.6 is 12.6 Å². The molecule has 0 fully saturated rings. The Balaban J connectivity index is 2.31. The van der Waals surface area contributed by atoms with Crippen LogP contribution in [0.15, 0.2) is 47.9 Å². The normalized spacial score (nSPS) is 42.5. The fourth-order valence-corrected chi connectivity index (χ4v) is 3.47. The van der Waals surface area contributed by atoms with Crippen molar-refractivity contribution in [2.75, 3.05) is 0 Å². The molecule has 10 heteroatoms. The van der Waals surface area contributed by atoms with Crippen LogP contribution in [0.1, 0.15) is 0 Å². The third-order valence-corrected chi connectivity index (χ3v) is 5.05. The van der Waals surface area contributed by atoms with Crippen molar-refractivity contribution >= 4 is 18.6 Å². The first-order valence-electron chi connectivity index (χ1n) is 6.69. The number of nitrogens with one attached hydrogen (secondary N) is 2. The van der Waals surface area contributed by atoms with E-state index in [1.165, 1.54) is 6.08 Å². The van der Waals surface area contributed by atoms with Gasteiger partial charge < -0.3 is 16.0 Å². The fourth-order valence-electron chi connectivity index (χ4n) is 3.09. The van der Waals surface area contributed by atoms with Crippen molar-refractivity contribution in [1.29, 1.82) is 0 Å². The molecule has 4 unspecified atom stereocenters. The summed E-state index contributed by atoms with van der Waals surface area (Å²) in [6.45, 7) is 0. The molecule has 0 saturated heterocycles. The van der Waals surface area contributed by atoms with Crippen LogP contribution < -0.4 is 10.9 Å². The first-order valence-corrected chi connectivity index (χ1v) is 7.14. The van der Waals surface area contributed by atoms with Gasteiger partial charge in [-0.05, 0) is 18.2 Å². The number of carbonyl (C=O) groups is 1. The van der Waals surface area contributed by atoms with Crippen LogP contribution in [0.25, 0.3) is 0 Å². The molecule has 0 spiro atoms. The fraction of sp³-hybridized carbons (Fsp3) is 0.357. The van der Waals surface area contributed by atoms with Crippen molar-refractivity contribution in [1.82, 2.24) is 10.9 Å². The molecule has 0 aromatic heterocycles. The first-order chi connectivity index (χ1) is 11.0. The summed E-state index contributed by atoms with van der Waals surface area (Å²) in [7, 11) is 0. The molecule has 1 aliphatic heterocycles. The second kappa shape index (κ2) is 4.78. The van der Waals surface area contributed by atoms with Crippen LogP contribution in [0.3, 0.4) is 0 Å². The average molecular weight is 366 g/mol. The minimum atomic E-state index is -4.89.